The highest BCUT2D eigenvalue weighted by molar-refractivity contribution is 7.88. The van der Waals surface area contributed by atoms with Crippen LogP contribution in [-0.4, -0.2) is 44.9 Å². The Morgan fingerprint density at radius 3 is 1.65 bits per heavy atom. The summed E-state index contributed by atoms with van der Waals surface area (Å²) < 4.78 is 126. The van der Waals surface area contributed by atoms with E-state index in [-0.39, 0.29) is 60.7 Å². The molecule has 0 spiro atoms. The minimum Gasteiger partial charge on any atom is -0.281 e. The zero-order valence-electron chi connectivity index (χ0n) is 30.9. The average molecular weight is 845 g/mol. The van der Waals surface area contributed by atoms with Crippen molar-refractivity contribution < 1.29 is 39.3 Å². The van der Waals surface area contributed by atoms with Crippen LogP contribution in [-0.2, 0) is 36.0 Å². The Hall–Kier alpha value is -4.25. The van der Waals surface area contributed by atoms with Crippen LogP contribution in [0.3, 0.4) is 0 Å². The van der Waals surface area contributed by atoms with E-state index in [1.165, 1.54) is 22.1 Å². The molecule has 4 heterocycles. The first-order valence-corrected chi connectivity index (χ1v) is 21.7. The smallest absolute Gasteiger partial charge is 0.281 e. The van der Waals surface area contributed by atoms with E-state index >= 15 is 0 Å². The molecule has 2 aromatic carbocycles. The fourth-order valence-corrected chi connectivity index (χ4v) is 11.1. The number of thiophene rings is 2. The molecule has 4 aromatic heterocycles. The maximum atomic E-state index is 14.9. The molecule has 8 rings (SSSR count). The van der Waals surface area contributed by atoms with E-state index in [4.69, 9.17) is 0 Å². The Kier molecular flexibility index (Phi) is 10.3. The highest BCUT2D eigenvalue weighted by Crippen LogP contribution is 2.51. The number of halogens is 6. The van der Waals surface area contributed by atoms with Crippen molar-refractivity contribution in [3.8, 4) is 21.1 Å². The second-order valence-electron chi connectivity index (χ2n) is 15.1. The summed E-state index contributed by atoms with van der Waals surface area (Å²) in [6.45, 7) is 4.30. The number of benzene rings is 2. The van der Waals surface area contributed by atoms with Crippen molar-refractivity contribution in [2.45, 2.75) is 100 Å². The zero-order chi connectivity index (χ0) is 40.4. The molecule has 7 nitrogen and oxygen atoms in total. The number of aryl methyl sites for hydroxylation is 2. The van der Waals surface area contributed by atoms with Crippen molar-refractivity contribution in [3.05, 3.63) is 122 Å². The molecular weight excluding hydrogens is 807 g/mol. The van der Waals surface area contributed by atoms with Gasteiger partial charge in [0.05, 0.1) is 57.5 Å². The van der Waals surface area contributed by atoms with Crippen molar-refractivity contribution in [1.82, 2.24) is 19.6 Å². The summed E-state index contributed by atoms with van der Waals surface area (Å²) in [6.07, 6.45) is -9.44. The van der Waals surface area contributed by atoms with Gasteiger partial charge in [-0.2, -0.15) is 45.0 Å². The van der Waals surface area contributed by atoms with Gasteiger partial charge in [0.15, 0.2) is 0 Å². The Morgan fingerprint density at radius 1 is 0.702 bits per heavy atom. The quantitative estimate of drug-likeness (QED) is 0.0709. The van der Waals surface area contributed by atoms with Gasteiger partial charge in [0, 0.05) is 24.0 Å². The van der Waals surface area contributed by atoms with Gasteiger partial charge >= 0.3 is 22.5 Å². The lowest BCUT2D eigenvalue weighted by molar-refractivity contribution is -0.153. The van der Waals surface area contributed by atoms with Crippen molar-refractivity contribution in [1.29, 1.82) is 0 Å². The molecule has 0 fully saturated rings. The SMILES string of the molecule is Cc1ccc(Cn2nc(C(CCCCCC(c3nn(Cc4ccc(C)cc4)c4c3Cc3cc(S(=O)(=O)O)sc3-4)C(F)(F)F)C(F)(F)F)c3c2-c2sccc2C3)cc1. The van der Waals surface area contributed by atoms with E-state index in [1.807, 2.05) is 73.8 Å². The van der Waals surface area contributed by atoms with Crippen LogP contribution in [0.5, 0.6) is 0 Å². The van der Waals surface area contributed by atoms with Gasteiger partial charge in [-0.3, -0.25) is 13.9 Å². The van der Waals surface area contributed by atoms with Crippen LogP contribution in [0, 0.1) is 13.8 Å². The van der Waals surface area contributed by atoms with E-state index < -0.39 is 34.3 Å². The summed E-state index contributed by atoms with van der Waals surface area (Å²) in [5.74, 6) is -3.86. The molecule has 2 aliphatic carbocycles. The lowest BCUT2D eigenvalue weighted by Gasteiger charge is -2.21. The molecule has 6 aromatic rings. The Labute approximate surface area is 333 Å². The number of fused-ring (bicyclic) bond motifs is 6. The van der Waals surface area contributed by atoms with Crippen molar-refractivity contribution in [2.24, 2.45) is 0 Å². The lowest BCUT2D eigenvalue weighted by Crippen LogP contribution is -2.23. The fourth-order valence-electron chi connectivity index (χ4n) is 8.12. The third-order valence-corrected chi connectivity index (χ3v) is 14.4. The van der Waals surface area contributed by atoms with E-state index in [1.54, 1.807) is 4.68 Å². The Morgan fingerprint density at radius 2 is 1.18 bits per heavy atom. The number of unbranched alkanes of at least 4 members (excludes halogenated alkanes) is 2. The van der Waals surface area contributed by atoms with Gasteiger partial charge < -0.3 is 0 Å². The number of aromatic nitrogens is 4. The minimum atomic E-state index is -4.70. The van der Waals surface area contributed by atoms with Crippen LogP contribution in [0.15, 0.2) is 70.3 Å². The van der Waals surface area contributed by atoms with Crippen molar-refractivity contribution in [3.63, 3.8) is 0 Å². The fraction of sp³-hybridized carbons (Fsp3) is 0.366. The number of alkyl halides is 6. The molecule has 0 saturated heterocycles. The monoisotopic (exact) mass is 844 g/mol. The summed E-state index contributed by atoms with van der Waals surface area (Å²) in [5.41, 5.74) is 7.01. The minimum absolute atomic E-state index is 0.00717. The van der Waals surface area contributed by atoms with E-state index in [0.29, 0.717) is 45.9 Å². The first-order chi connectivity index (χ1) is 27.0. The molecular formula is C41H38F6N4O3S3. The van der Waals surface area contributed by atoms with Gasteiger partial charge in [0.1, 0.15) is 4.21 Å². The van der Waals surface area contributed by atoms with E-state index in [0.717, 1.165) is 44.0 Å². The third kappa shape index (κ3) is 7.85. The molecule has 0 aliphatic heterocycles. The molecule has 0 radical (unpaired) electrons. The van der Waals surface area contributed by atoms with Crippen LogP contribution in [0.2, 0.25) is 0 Å². The molecule has 2 atom stereocenters. The molecule has 16 heteroatoms. The van der Waals surface area contributed by atoms with Crippen molar-refractivity contribution in [2.75, 3.05) is 0 Å². The first-order valence-electron chi connectivity index (χ1n) is 18.6. The third-order valence-electron chi connectivity index (χ3n) is 11.0. The normalized spacial score (nSPS) is 14.8. The summed E-state index contributed by atoms with van der Waals surface area (Å²) in [5, 5.41) is 11.0. The largest absolute Gasteiger partial charge is 0.397 e. The van der Waals surface area contributed by atoms with Gasteiger partial charge in [0.25, 0.3) is 0 Å². The summed E-state index contributed by atoms with van der Waals surface area (Å²) in [4.78, 5) is 1.35. The molecule has 2 unspecified atom stereocenters. The molecule has 2 aliphatic rings. The van der Waals surface area contributed by atoms with Gasteiger partial charge in [-0.1, -0.05) is 78.9 Å². The maximum absolute atomic E-state index is 14.9. The van der Waals surface area contributed by atoms with Gasteiger partial charge in [-0.25, -0.2) is 0 Å². The van der Waals surface area contributed by atoms with Crippen LogP contribution in [0.1, 0.15) is 99.8 Å². The lowest BCUT2D eigenvalue weighted by atomic mass is 9.91. The van der Waals surface area contributed by atoms with Crippen LogP contribution < -0.4 is 0 Å². The van der Waals surface area contributed by atoms with Gasteiger partial charge in [0.2, 0.25) is 0 Å². The summed E-state index contributed by atoms with van der Waals surface area (Å²) >= 11 is 2.26. The topological polar surface area (TPSA) is 90.0 Å². The average Bonchev–Trinajstić information content (AvgIpc) is 3.96. The van der Waals surface area contributed by atoms with Crippen LogP contribution in [0.4, 0.5) is 26.3 Å². The molecule has 0 amide bonds. The highest BCUT2D eigenvalue weighted by Gasteiger charge is 2.47. The maximum Gasteiger partial charge on any atom is 0.397 e. The van der Waals surface area contributed by atoms with Crippen LogP contribution >= 0.6 is 22.7 Å². The Bertz CT molecular complexity index is 2550. The standard InChI is InChI=1S/C41H38F6N4O3S3/c1-23-8-12-25(13-9-23)21-50-36-29(18-27-16-17-55-38(27)36)34(48-50)31(40(42,43)44)6-4-3-5-7-32(41(45,46)47)35-30-19-28-20-33(57(52,53)54)56-39(28)37(30)51(49-35)22-26-14-10-24(2)11-15-26/h8-17,20,31-32H,3-7,18-19,21-22H2,1-2H3,(H,52,53,54). The predicted octanol–water partition coefficient (Wildman–Crippen LogP) is 11.2. The molecule has 300 valence electrons. The molecule has 0 bridgehead atoms. The summed E-state index contributed by atoms with van der Waals surface area (Å²) in [7, 11) is -4.54. The van der Waals surface area contributed by atoms with Gasteiger partial charge in [-0.05, 0) is 66.5 Å². The predicted molar refractivity (Wildman–Crippen MR) is 208 cm³/mol. The second-order valence-corrected chi connectivity index (χ2v) is 18.7. The van der Waals surface area contributed by atoms with Gasteiger partial charge in [-0.15, -0.1) is 22.7 Å². The Balaban J connectivity index is 1.02. The summed E-state index contributed by atoms with van der Waals surface area (Å²) in [6, 6.07) is 18.4. The number of nitrogens with zero attached hydrogens (tertiary/aromatic N) is 4. The van der Waals surface area contributed by atoms with Crippen LogP contribution in [0.25, 0.3) is 21.1 Å². The molecule has 0 saturated carbocycles. The number of rotatable bonds is 13. The molecule has 1 N–H and O–H groups in total. The second kappa shape index (κ2) is 14.8. The molecule has 57 heavy (non-hydrogen) atoms. The van der Waals surface area contributed by atoms with Crippen molar-refractivity contribution >= 4 is 32.8 Å². The zero-order valence-corrected chi connectivity index (χ0v) is 33.4. The number of hydrogen-bond donors (Lipinski definition) is 1. The highest BCUT2D eigenvalue weighted by atomic mass is 32.3. The van der Waals surface area contributed by atoms with E-state index in [2.05, 4.69) is 10.2 Å². The van der Waals surface area contributed by atoms with E-state index in [9.17, 15) is 39.3 Å². The first kappa shape index (κ1) is 39.6. The number of hydrogen-bond acceptors (Lipinski definition) is 6.